The molecule has 0 bridgehead atoms. The summed E-state index contributed by atoms with van der Waals surface area (Å²) in [4.78, 5) is 1.50. The van der Waals surface area contributed by atoms with Gasteiger partial charge >= 0.3 is 0 Å². The van der Waals surface area contributed by atoms with Crippen molar-refractivity contribution in [2.24, 2.45) is 5.92 Å². The van der Waals surface area contributed by atoms with Gasteiger partial charge in [-0.2, -0.15) is 0 Å². The lowest BCUT2D eigenvalue weighted by atomic mass is 10.0. The summed E-state index contributed by atoms with van der Waals surface area (Å²) in [6, 6.07) is 5.03. The molecular formula is C13H23NS. The molecule has 0 aliphatic carbocycles. The third kappa shape index (κ3) is 5.33. The van der Waals surface area contributed by atoms with Crippen LogP contribution in [0.5, 0.6) is 0 Å². The average molecular weight is 225 g/mol. The summed E-state index contributed by atoms with van der Waals surface area (Å²) < 4.78 is 0. The number of hydrogen-bond acceptors (Lipinski definition) is 2. The van der Waals surface area contributed by atoms with E-state index < -0.39 is 0 Å². The van der Waals surface area contributed by atoms with Crippen molar-refractivity contribution in [3.05, 3.63) is 22.4 Å². The number of thiophene rings is 1. The Bertz CT molecular complexity index is 241. The minimum Gasteiger partial charge on any atom is -0.317 e. The zero-order valence-corrected chi connectivity index (χ0v) is 10.9. The van der Waals surface area contributed by atoms with Crippen LogP contribution in [0.2, 0.25) is 0 Å². The molecule has 1 rings (SSSR count). The molecule has 1 heterocycles. The highest BCUT2D eigenvalue weighted by Gasteiger charge is 2.07. The lowest BCUT2D eigenvalue weighted by Crippen LogP contribution is -2.27. The first-order chi connectivity index (χ1) is 7.22. The molecule has 0 spiro atoms. The molecule has 0 aliphatic heterocycles. The largest absolute Gasteiger partial charge is 0.317 e. The summed E-state index contributed by atoms with van der Waals surface area (Å²) in [5.41, 5.74) is 0. The van der Waals surface area contributed by atoms with Crippen molar-refractivity contribution in [2.75, 3.05) is 7.05 Å². The van der Waals surface area contributed by atoms with Crippen LogP contribution in [0.3, 0.4) is 0 Å². The van der Waals surface area contributed by atoms with Crippen LogP contribution < -0.4 is 5.32 Å². The fourth-order valence-electron chi connectivity index (χ4n) is 1.79. The lowest BCUT2D eigenvalue weighted by Gasteiger charge is -2.15. The molecule has 0 radical (unpaired) electrons. The summed E-state index contributed by atoms with van der Waals surface area (Å²) in [6.07, 6.45) is 5.18. The number of likely N-dealkylation sites (N-methyl/N-ethyl adjacent to an activating group) is 1. The monoisotopic (exact) mass is 225 g/mol. The molecular weight excluding hydrogens is 202 g/mol. The zero-order valence-electron chi connectivity index (χ0n) is 10.1. The Hall–Kier alpha value is -0.340. The van der Waals surface area contributed by atoms with Gasteiger partial charge in [-0.1, -0.05) is 32.8 Å². The molecule has 0 fully saturated rings. The Labute approximate surface area is 97.9 Å². The third-order valence-electron chi connectivity index (χ3n) is 2.77. The minimum atomic E-state index is 0.655. The topological polar surface area (TPSA) is 12.0 Å². The van der Waals surface area contributed by atoms with Crippen LogP contribution in [0.1, 0.15) is 38.0 Å². The first-order valence-electron chi connectivity index (χ1n) is 5.92. The predicted molar refractivity (Wildman–Crippen MR) is 69.6 cm³/mol. The van der Waals surface area contributed by atoms with Gasteiger partial charge in [-0.05, 0) is 37.3 Å². The molecule has 86 valence electrons. The lowest BCUT2D eigenvalue weighted by molar-refractivity contribution is 0.459. The highest BCUT2D eigenvalue weighted by molar-refractivity contribution is 7.09. The van der Waals surface area contributed by atoms with E-state index in [1.165, 1.54) is 30.6 Å². The second kappa shape index (κ2) is 7.02. The Balaban J connectivity index is 2.24. The number of rotatable bonds is 7. The highest BCUT2D eigenvalue weighted by Crippen LogP contribution is 2.15. The molecule has 1 unspecified atom stereocenters. The van der Waals surface area contributed by atoms with Crippen LogP contribution in [-0.2, 0) is 6.42 Å². The van der Waals surface area contributed by atoms with Crippen LogP contribution >= 0.6 is 11.3 Å². The fourth-order valence-corrected chi connectivity index (χ4v) is 2.58. The Morgan fingerprint density at radius 1 is 1.33 bits per heavy atom. The van der Waals surface area contributed by atoms with E-state index in [9.17, 15) is 0 Å². The van der Waals surface area contributed by atoms with Crippen molar-refractivity contribution >= 4 is 11.3 Å². The van der Waals surface area contributed by atoms with E-state index >= 15 is 0 Å². The van der Waals surface area contributed by atoms with Gasteiger partial charge in [0.15, 0.2) is 0 Å². The third-order valence-corrected chi connectivity index (χ3v) is 3.67. The smallest absolute Gasteiger partial charge is 0.0112 e. The Morgan fingerprint density at radius 2 is 2.13 bits per heavy atom. The van der Waals surface area contributed by atoms with Crippen LogP contribution in [0.15, 0.2) is 17.5 Å². The molecule has 1 aromatic heterocycles. The average Bonchev–Trinajstić information content (AvgIpc) is 2.68. The second-order valence-corrected chi connectivity index (χ2v) is 5.63. The van der Waals surface area contributed by atoms with Crippen molar-refractivity contribution in [3.63, 3.8) is 0 Å². The van der Waals surface area contributed by atoms with Crippen molar-refractivity contribution in [1.29, 1.82) is 0 Å². The van der Waals surface area contributed by atoms with Crippen LogP contribution in [0.25, 0.3) is 0 Å². The van der Waals surface area contributed by atoms with Gasteiger partial charge in [0.2, 0.25) is 0 Å². The molecule has 0 aromatic carbocycles. The fraction of sp³-hybridized carbons (Fsp3) is 0.692. The Morgan fingerprint density at radius 3 is 2.67 bits per heavy atom. The summed E-state index contributed by atoms with van der Waals surface area (Å²) in [5.74, 6) is 0.837. The second-order valence-electron chi connectivity index (χ2n) is 4.59. The van der Waals surface area contributed by atoms with E-state index in [0.717, 1.165) is 5.92 Å². The maximum Gasteiger partial charge on any atom is 0.0112 e. The molecule has 0 saturated carbocycles. The molecule has 0 saturated heterocycles. The first-order valence-corrected chi connectivity index (χ1v) is 6.80. The molecule has 1 nitrogen and oxygen atoms in total. The van der Waals surface area contributed by atoms with E-state index in [-0.39, 0.29) is 0 Å². The summed E-state index contributed by atoms with van der Waals surface area (Å²) >= 11 is 1.87. The summed E-state index contributed by atoms with van der Waals surface area (Å²) in [7, 11) is 2.08. The van der Waals surface area contributed by atoms with E-state index in [1.807, 2.05) is 11.3 Å². The standard InChI is InChI=1S/C13H23NS/c1-11(2)6-4-7-12(14-3)10-13-8-5-9-15-13/h5,8-9,11-12,14H,4,6-7,10H2,1-3H3. The van der Waals surface area contributed by atoms with Gasteiger partial charge in [0.25, 0.3) is 0 Å². The van der Waals surface area contributed by atoms with E-state index in [2.05, 4.69) is 43.7 Å². The van der Waals surface area contributed by atoms with Gasteiger partial charge in [-0.15, -0.1) is 11.3 Å². The van der Waals surface area contributed by atoms with Crippen LogP contribution in [-0.4, -0.2) is 13.1 Å². The van der Waals surface area contributed by atoms with Gasteiger partial charge in [0.05, 0.1) is 0 Å². The molecule has 0 aliphatic rings. The summed E-state index contributed by atoms with van der Waals surface area (Å²) in [6.45, 7) is 4.60. The molecule has 2 heteroatoms. The van der Waals surface area contributed by atoms with Gasteiger partial charge in [-0.3, -0.25) is 0 Å². The molecule has 1 aromatic rings. The summed E-state index contributed by atoms with van der Waals surface area (Å²) in [5, 5.41) is 5.58. The highest BCUT2D eigenvalue weighted by atomic mass is 32.1. The number of nitrogens with one attached hydrogen (secondary N) is 1. The molecule has 15 heavy (non-hydrogen) atoms. The van der Waals surface area contributed by atoms with Gasteiger partial charge < -0.3 is 5.32 Å². The van der Waals surface area contributed by atoms with Crippen LogP contribution in [0, 0.1) is 5.92 Å². The zero-order chi connectivity index (χ0) is 11.1. The van der Waals surface area contributed by atoms with Gasteiger partial charge in [0, 0.05) is 10.9 Å². The molecule has 1 atom stereocenters. The van der Waals surface area contributed by atoms with Crippen LogP contribution in [0.4, 0.5) is 0 Å². The minimum absolute atomic E-state index is 0.655. The molecule has 0 amide bonds. The van der Waals surface area contributed by atoms with Crippen molar-refractivity contribution < 1.29 is 0 Å². The van der Waals surface area contributed by atoms with Crippen molar-refractivity contribution in [3.8, 4) is 0 Å². The quantitative estimate of drug-likeness (QED) is 0.746. The maximum absolute atomic E-state index is 3.42. The van der Waals surface area contributed by atoms with Gasteiger partial charge in [0.1, 0.15) is 0 Å². The van der Waals surface area contributed by atoms with Crippen molar-refractivity contribution in [2.45, 2.75) is 45.6 Å². The van der Waals surface area contributed by atoms with E-state index in [0.29, 0.717) is 6.04 Å². The SMILES string of the molecule is CNC(CCCC(C)C)Cc1cccs1. The normalized spacial score (nSPS) is 13.3. The Kier molecular flexibility index (Phi) is 5.96. The first kappa shape index (κ1) is 12.7. The van der Waals surface area contributed by atoms with Gasteiger partial charge in [-0.25, -0.2) is 0 Å². The van der Waals surface area contributed by atoms with Crippen molar-refractivity contribution in [1.82, 2.24) is 5.32 Å². The van der Waals surface area contributed by atoms with E-state index in [1.54, 1.807) is 0 Å². The van der Waals surface area contributed by atoms with E-state index in [4.69, 9.17) is 0 Å². The molecule has 1 N–H and O–H groups in total. The maximum atomic E-state index is 3.42. The predicted octanol–water partition coefficient (Wildman–Crippen LogP) is 3.70. The number of hydrogen-bond donors (Lipinski definition) is 1.